The van der Waals surface area contributed by atoms with Crippen LogP contribution >= 0.6 is 11.6 Å². The van der Waals surface area contributed by atoms with Crippen LogP contribution in [-0.2, 0) is 5.54 Å². The van der Waals surface area contributed by atoms with E-state index in [9.17, 15) is 5.26 Å². The Hall–Kier alpha value is -2.56. The SMILES string of the molecule is N#CC12CC(n3cc(Nc4cc(N5CCNCC5)c(Cl)cc4C=N)cn3)(C1)C2. The predicted octanol–water partition coefficient (Wildman–Crippen LogP) is 3.09. The first kappa shape index (κ1) is 17.5. The third-order valence-corrected chi connectivity index (χ3v) is 6.62. The molecule has 0 radical (unpaired) electrons. The number of rotatable bonds is 5. The van der Waals surface area contributed by atoms with Gasteiger partial charge >= 0.3 is 0 Å². The number of nitrogens with zero attached hydrogens (tertiary/aromatic N) is 4. The normalized spacial score (nSPS) is 28.1. The van der Waals surface area contributed by atoms with Gasteiger partial charge in [0, 0.05) is 49.8 Å². The van der Waals surface area contributed by atoms with E-state index in [-0.39, 0.29) is 11.0 Å². The fraction of sp³-hybridized carbons (Fsp3) is 0.450. The summed E-state index contributed by atoms with van der Waals surface area (Å²) >= 11 is 6.50. The average molecular weight is 396 g/mol. The van der Waals surface area contributed by atoms with Gasteiger partial charge in [0.25, 0.3) is 0 Å². The average Bonchev–Trinajstić information content (AvgIpc) is 3.10. The lowest BCUT2D eigenvalue weighted by atomic mass is 9.40. The second-order valence-corrected chi connectivity index (χ2v) is 8.62. The zero-order valence-electron chi connectivity index (χ0n) is 15.5. The maximum atomic E-state index is 9.23. The minimum Gasteiger partial charge on any atom is -0.368 e. The van der Waals surface area contributed by atoms with Crippen LogP contribution in [0.15, 0.2) is 24.5 Å². The van der Waals surface area contributed by atoms with Crippen molar-refractivity contribution in [2.45, 2.75) is 24.8 Å². The molecule has 1 aliphatic heterocycles. The Bertz CT molecular complexity index is 963. The fourth-order valence-electron chi connectivity index (χ4n) is 4.85. The van der Waals surface area contributed by atoms with E-state index in [0.29, 0.717) is 5.02 Å². The minimum atomic E-state index is -0.0960. The maximum Gasteiger partial charge on any atom is 0.0770 e. The molecule has 0 amide bonds. The van der Waals surface area contributed by atoms with Gasteiger partial charge in [-0.25, -0.2) is 0 Å². The molecule has 3 aliphatic carbocycles. The Balaban J connectivity index is 1.39. The largest absolute Gasteiger partial charge is 0.368 e. The Morgan fingerprint density at radius 3 is 2.71 bits per heavy atom. The van der Waals surface area contributed by atoms with Gasteiger partial charge < -0.3 is 20.9 Å². The zero-order valence-corrected chi connectivity index (χ0v) is 16.3. The summed E-state index contributed by atoms with van der Waals surface area (Å²) in [5.74, 6) is 0. The number of aromatic nitrogens is 2. The van der Waals surface area contributed by atoms with Crippen LogP contribution in [0.4, 0.5) is 17.1 Å². The standard InChI is InChI=1S/C20H22ClN7/c21-16-5-14(7-22)17(6-18(16)27-3-1-24-2-4-27)26-15-8-25-28(9-15)20-10-19(11-20,12-20)13-23/h5-9,22,24,26H,1-4,10-12H2. The van der Waals surface area contributed by atoms with E-state index in [4.69, 9.17) is 17.0 Å². The molecule has 144 valence electrons. The molecule has 28 heavy (non-hydrogen) atoms. The van der Waals surface area contributed by atoms with Crippen molar-refractivity contribution in [2.24, 2.45) is 5.41 Å². The summed E-state index contributed by atoms with van der Waals surface area (Å²) in [6.07, 6.45) is 7.84. The van der Waals surface area contributed by atoms with Crippen LogP contribution in [0.1, 0.15) is 24.8 Å². The number of benzene rings is 1. The van der Waals surface area contributed by atoms with Gasteiger partial charge in [-0.2, -0.15) is 10.4 Å². The topological polar surface area (TPSA) is 92.8 Å². The van der Waals surface area contributed by atoms with Crippen molar-refractivity contribution in [3.05, 3.63) is 35.1 Å². The van der Waals surface area contributed by atoms with Crippen LogP contribution in [0, 0.1) is 22.2 Å². The highest BCUT2D eigenvalue weighted by atomic mass is 35.5. The lowest BCUT2D eigenvalue weighted by molar-refractivity contribution is -0.153. The highest BCUT2D eigenvalue weighted by molar-refractivity contribution is 6.33. The molecule has 1 saturated heterocycles. The van der Waals surface area contributed by atoms with Crippen molar-refractivity contribution in [1.29, 1.82) is 10.7 Å². The predicted molar refractivity (Wildman–Crippen MR) is 110 cm³/mol. The van der Waals surface area contributed by atoms with Gasteiger partial charge in [0.05, 0.1) is 39.6 Å². The van der Waals surface area contributed by atoms with Crippen LogP contribution in [0.25, 0.3) is 0 Å². The maximum absolute atomic E-state index is 9.23. The number of hydrogen-bond acceptors (Lipinski definition) is 6. The summed E-state index contributed by atoms with van der Waals surface area (Å²) in [6, 6.07) is 6.31. The molecule has 2 heterocycles. The number of nitrogens with one attached hydrogen (secondary N) is 3. The Kier molecular flexibility index (Phi) is 3.90. The molecule has 1 aromatic carbocycles. The molecule has 0 unspecified atom stereocenters. The Labute approximate surface area is 168 Å². The molecule has 8 heteroatoms. The van der Waals surface area contributed by atoms with Gasteiger partial charge in [0.1, 0.15) is 0 Å². The number of piperazine rings is 1. The number of anilines is 3. The van der Waals surface area contributed by atoms with E-state index in [1.807, 2.05) is 29.2 Å². The molecule has 2 bridgehead atoms. The molecule has 6 rings (SSSR count). The van der Waals surface area contributed by atoms with Gasteiger partial charge in [-0.05, 0) is 31.4 Å². The van der Waals surface area contributed by atoms with Crippen LogP contribution in [-0.4, -0.2) is 42.2 Å². The number of nitriles is 1. The summed E-state index contributed by atoms with van der Waals surface area (Å²) in [7, 11) is 0. The lowest BCUT2D eigenvalue weighted by Gasteiger charge is -2.66. The van der Waals surface area contributed by atoms with E-state index in [2.05, 4.69) is 26.7 Å². The van der Waals surface area contributed by atoms with Gasteiger partial charge in [-0.1, -0.05) is 11.6 Å². The molecular formula is C20H22ClN7. The van der Waals surface area contributed by atoms with Gasteiger partial charge in [-0.15, -0.1) is 0 Å². The summed E-state index contributed by atoms with van der Waals surface area (Å²) in [4.78, 5) is 2.27. The van der Waals surface area contributed by atoms with Gasteiger partial charge in [-0.3, -0.25) is 4.68 Å². The molecule has 1 aromatic heterocycles. The summed E-state index contributed by atoms with van der Waals surface area (Å²) in [6.45, 7) is 3.68. The van der Waals surface area contributed by atoms with Crippen LogP contribution in [0.5, 0.6) is 0 Å². The van der Waals surface area contributed by atoms with Crippen molar-refractivity contribution >= 4 is 34.9 Å². The molecular weight excluding hydrogens is 374 g/mol. The lowest BCUT2D eigenvalue weighted by Crippen LogP contribution is -2.67. The second kappa shape index (κ2) is 6.23. The van der Waals surface area contributed by atoms with Crippen molar-refractivity contribution in [2.75, 3.05) is 36.4 Å². The van der Waals surface area contributed by atoms with Gasteiger partial charge in [0.15, 0.2) is 0 Å². The summed E-state index contributed by atoms with van der Waals surface area (Å²) < 4.78 is 2.01. The minimum absolute atomic E-state index is 0.0337. The van der Waals surface area contributed by atoms with Crippen LogP contribution in [0.3, 0.4) is 0 Å². The molecule has 3 N–H and O–H groups in total. The molecule has 0 spiro atoms. The van der Waals surface area contributed by atoms with E-state index in [1.54, 1.807) is 0 Å². The Morgan fingerprint density at radius 1 is 1.29 bits per heavy atom. The first-order valence-corrected chi connectivity index (χ1v) is 9.97. The third-order valence-electron chi connectivity index (χ3n) is 6.32. The molecule has 4 aliphatic rings. The van der Waals surface area contributed by atoms with E-state index in [1.165, 1.54) is 6.21 Å². The van der Waals surface area contributed by atoms with Gasteiger partial charge in [0.2, 0.25) is 0 Å². The first-order valence-electron chi connectivity index (χ1n) is 9.60. The molecule has 7 nitrogen and oxygen atoms in total. The van der Waals surface area contributed by atoms with E-state index >= 15 is 0 Å². The third kappa shape index (κ3) is 2.60. The zero-order chi connectivity index (χ0) is 19.4. The number of halogens is 1. The molecule has 3 saturated carbocycles. The highest BCUT2D eigenvalue weighted by Gasteiger charge is 2.70. The van der Waals surface area contributed by atoms with Crippen LogP contribution < -0.4 is 15.5 Å². The van der Waals surface area contributed by atoms with E-state index < -0.39 is 0 Å². The summed E-state index contributed by atoms with van der Waals surface area (Å²) in [5.41, 5.74) is 3.39. The smallest absolute Gasteiger partial charge is 0.0770 e. The van der Waals surface area contributed by atoms with Crippen molar-refractivity contribution in [3.8, 4) is 6.07 Å². The first-order chi connectivity index (χ1) is 13.6. The Morgan fingerprint density at radius 2 is 2.04 bits per heavy atom. The summed E-state index contributed by atoms with van der Waals surface area (Å²) in [5, 5.41) is 28.9. The molecule has 2 aromatic rings. The van der Waals surface area contributed by atoms with E-state index in [0.717, 1.165) is 68.1 Å². The van der Waals surface area contributed by atoms with Crippen molar-refractivity contribution in [1.82, 2.24) is 15.1 Å². The highest BCUT2D eigenvalue weighted by Crippen LogP contribution is 2.70. The van der Waals surface area contributed by atoms with Crippen LogP contribution in [0.2, 0.25) is 5.02 Å². The second-order valence-electron chi connectivity index (χ2n) is 8.22. The monoisotopic (exact) mass is 395 g/mol. The molecule has 4 fully saturated rings. The van der Waals surface area contributed by atoms with Crippen molar-refractivity contribution in [3.63, 3.8) is 0 Å². The van der Waals surface area contributed by atoms with Crippen molar-refractivity contribution < 1.29 is 0 Å². The number of hydrogen-bond donors (Lipinski definition) is 3. The molecule has 0 atom stereocenters. The quantitative estimate of drug-likeness (QED) is 0.676. The fourth-order valence-corrected chi connectivity index (χ4v) is 5.14.